The fourth-order valence-corrected chi connectivity index (χ4v) is 1.94. The second kappa shape index (κ2) is 7.63. The van der Waals surface area contributed by atoms with Crippen molar-refractivity contribution in [2.75, 3.05) is 19.8 Å². The molecule has 1 aliphatic carbocycles. The van der Waals surface area contributed by atoms with Gasteiger partial charge in [0.05, 0.1) is 12.5 Å². The third-order valence-electron chi connectivity index (χ3n) is 2.99. The van der Waals surface area contributed by atoms with Crippen molar-refractivity contribution < 1.29 is 14.3 Å². The summed E-state index contributed by atoms with van der Waals surface area (Å²) in [6.07, 6.45) is 5.02. The molecule has 0 saturated heterocycles. The number of carbonyl (C=O) groups is 1. The van der Waals surface area contributed by atoms with E-state index in [-0.39, 0.29) is 17.9 Å². The molecule has 1 saturated carbocycles. The smallest absolute Gasteiger partial charge is 0.310 e. The van der Waals surface area contributed by atoms with E-state index in [1.54, 1.807) is 0 Å². The molecule has 2 unspecified atom stereocenters. The molecule has 0 heterocycles. The van der Waals surface area contributed by atoms with Crippen LogP contribution in [0.4, 0.5) is 0 Å². The Morgan fingerprint density at radius 3 is 2.75 bits per heavy atom. The summed E-state index contributed by atoms with van der Waals surface area (Å²) in [7, 11) is 0. The fourth-order valence-electron chi connectivity index (χ4n) is 1.94. The molecule has 0 bridgehead atoms. The highest BCUT2D eigenvalue weighted by atomic mass is 16.6. The Labute approximate surface area is 97.5 Å². The number of nitrogens with two attached hydrogens (primary N) is 1. The molecular weight excluding hydrogens is 206 g/mol. The van der Waals surface area contributed by atoms with Crippen molar-refractivity contribution in [1.29, 1.82) is 0 Å². The first-order valence-corrected chi connectivity index (χ1v) is 6.25. The van der Waals surface area contributed by atoms with Crippen molar-refractivity contribution in [1.82, 2.24) is 0 Å². The zero-order valence-electron chi connectivity index (χ0n) is 10.1. The predicted octanol–water partition coefficient (Wildman–Crippen LogP) is 1.47. The highest BCUT2D eigenvalue weighted by Gasteiger charge is 2.31. The molecule has 94 valence electrons. The third-order valence-corrected chi connectivity index (χ3v) is 2.99. The maximum atomic E-state index is 11.6. The molecule has 2 atom stereocenters. The molecule has 0 spiro atoms. The summed E-state index contributed by atoms with van der Waals surface area (Å²) in [5.74, 6) is -0.236. The topological polar surface area (TPSA) is 61.5 Å². The van der Waals surface area contributed by atoms with E-state index in [9.17, 15) is 4.79 Å². The van der Waals surface area contributed by atoms with Gasteiger partial charge in [-0.3, -0.25) is 4.79 Å². The quantitative estimate of drug-likeness (QED) is 0.530. The van der Waals surface area contributed by atoms with Gasteiger partial charge in [0, 0.05) is 12.6 Å². The van der Waals surface area contributed by atoms with Gasteiger partial charge in [-0.1, -0.05) is 19.8 Å². The predicted molar refractivity (Wildman–Crippen MR) is 62.0 cm³/mol. The average Bonchev–Trinajstić information content (AvgIpc) is 2.69. The van der Waals surface area contributed by atoms with E-state index in [0.29, 0.717) is 13.2 Å². The van der Waals surface area contributed by atoms with Gasteiger partial charge in [0.2, 0.25) is 0 Å². The molecule has 0 aromatic carbocycles. The van der Waals surface area contributed by atoms with Crippen LogP contribution in [0.1, 0.15) is 39.0 Å². The van der Waals surface area contributed by atoms with Gasteiger partial charge in [0.1, 0.15) is 6.61 Å². The van der Waals surface area contributed by atoms with Gasteiger partial charge in [-0.2, -0.15) is 0 Å². The standard InChI is InChI=1S/C12H23NO3/c1-2-3-7-15-8-9-16-12(14)10-5-4-6-11(10)13/h10-11H,2-9,13H2,1H3. The van der Waals surface area contributed by atoms with Crippen LogP contribution in [0.3, 0.4) is 0 Å². The molecule has 1 aliphatic rings. The molecule has 0 amide bonds. The summed E-state index contributed by atoms with van der Waals surface area (Å²) in [6, 6.07) is -0.00601. The van der Waals surface area contributed by atoms with Gasteiger partial charge in [-0.15, -0.1) is 0 Å². The first-order valence-electron chi connectivity index (χ1n) is 6.25. The van der Waals surface area contributed by atoms with Gasteiger partial charge in [-0.25, -0.2) is 0 Å². The molecule has 0 aromatic rings. The van der Waals surface area contributed by atoms with Crippen LogP contribution in [0.25, 0.3) is 0 Å². The first kappa shape index (κ1) is 13.5. The Kier molecular flexibility index (Phi) is 6.42. The van der Waals surface area contributed by atoms with Crippen LogP contribution in [-0.2, 0) is 14.3 Å². The molecule has 1 fully saturated rings. The third kappa shape index (κ3) is 4.49. The molecule has 0 radical (unpaired) electrons. The van der Waals surface area contributed by atoms with Gasteiger partial charge >= 0.3 is 5.97 Å². The van der Waals surface area contributed by atoms with Crippen LogP contribution >= 0.6 is 0 Å². The molecule has 4 heteroatoms. The van der Waals surface area contributed by atoms with E-state index in [2.05, 4.69) is 6.92 Å². The SMILES string of the molecule is CCCCOCCOC(=O)C1CCCC1N. The maximum Gasteiger partial charge on any atom is 0.310 e. The second-order valence-electron chi connectivity index (χ2n) is 4.33. The van der Waals surface area contributed by atoms with Gasteiger partial charge in [0.15, 0.2) is 0 Å². The molecular formula is C12H23NO3. The summed E-state index contributed by atoms with van der Waals surface area (Å²) < 4.78 is 10.4. The Morgan fingerprint density at radius 1 is 1.31 bits per heavy atom. The van der Waals surface area contributed by atoms with E-state index in [0.717, 1.165) is 38.7 Å². The average molecular weight is 229 g/mol. The van der Waals surface area contributed by atoms with Gasteiger partial charge in [-0.05, 0) is 19.3 Å². The van der Waals surface area contributed by atoms with E-state index in [4.69, 9.17) is 15.2 Å². The Morgan fingerprint density at radius 2 is 2.12 bits per heavy atom. The summed E-state index contributed by atoms with van der Waals surface area (Å²) >= 11 is 0. The maximum absolute atomic E-state index is 11.6. The number of hydrogen-bond acceptors (Lipinski definition) is 4. The summed E-state index contributed by atoms with van der Waals surface area (Å²) in [5.41, 5.74) is 5.82. The highest BCUT2D eigenvalue weighted by molar-refractivity contribution is 5.73. The lowest BCUT2D eigenvalue weighted by Crippen LogP contribution is -2.32. The normalized spacial score (nSPS) is 24.6. The molecule has 4 nitrogen and oxygen atoms in total. The van der Waals surface area contributed by atoms with Crippen molar-refractivity contribution in [3.8, 4) is 0 Å². The minimum atomic E-state index is -0.149. The van der Waals surface area contributed by atoms with Crippen LogP contribution < -0.4 is 5.73 Å². The van der Waals surface area contributed by atoms with Crippen LogP contribution in [0.2, 0.25) is 0 Å². The number of hydrogen-bond donors (Lipinski definition) is 1. The number of carbonyl (C=O) groups excluding carboxylic acids is 1. The molecule has 2 N–H and O–H groups in total. The lowest BCUT2D eigenvalue weighted by molar-refractivity contribution is -0.150. The first-order chi connectivity index (χ1) is 7.75. The van der Waals surface area contributed by atoms with Crippen molar-refractivity contribution >= 4 is 5.97 Å². The van der Waals surface area contributed by atoms with Gasteiger partial charge in [0.25, 0.3) is 0 Å². The lowest BCUT2D eigenvalue weighted by Gasteiger charge is -2.14. The largest absolute Gasteiger partial charge is 0.463 e. The van der Waals surface area contributed by atoms with Crippen molar-refractivity contribution in [3.05, 3.63) is 0 Å². The molecule has 16 heavy (non-hydrogen) atoms. The summed E-state index contributed by atoms with van der Waals surface area (Å²) in [6.45, 7) is 3.71. The molecule has 1 rings (SSSR count). The zero-order chi connectivity index (χ0) is 11.8. The van der Waals surface area contributed by atoms with Crippen molar-refractivity contribution in [3.63, 3.8) is 0 Å². The van der Waals surface area contributed by atoms with Crippen LogP contribution in [-0.4, -0.2) is 31.8 Å². The zero-order valence-corrected chi connectivity index (χ0v) is 10.1. The van der Waals surface area contributed by atoms with Crippen LogP contribution in [0.15, 0.2) is 0 Å². The van der Waals surface area contributed by atoms with Crippen LogP contribution in [0.5, 0.6) is 0 Å². The number of rotatable bonds is 7. The Bertz CT molecular complexity index is 208. The van der Waals surface area contributed by atoms with Crippen LogP contribution in [0, 0.1) is 5.92 Å². The monoisotopic (exact) mass is 229 g/mol. The Hall–Kier alpha value is -0.610. The number of ether oxygens (including phenoxy) is 2. The fraction of sp³-hybridized carbons (Fsp3) is 0.917. The summed E-state index contributed by atoms with van der Waals surface area (Å²) in [5, 5.41) is 0. The second-order valence-corrected chi connectivity index (χ2v) is 4.33. The molecule has 0 aliphatic heterocycles. The number of esters is 1. The minimum absolute atomic E-state index is 0.00601. The Balaban J connectivity index is 2.02. The highest BCUT2D eigenvalue weighted by Crippen LogP contribution is 2.24. The lowest BCUT2D eigenvalue weighted by atomic mass is 10.1. The van der Waals surface area contributed by atoms with E-state index in [1.807, 2.05) is 0 Å². The van der Waals surface area contributed by atoms with Crippen molar-refractivity contribution in [2.24, 2.45) is 11.7 Å². The number of unbranched alkanes of at least 4 members (excludes halogenated alkanes) is 1. The van der Waals surface area contributed by atoms with E-state index < -0.39 is 0 Å². The van der Waals surface area contributed by atoms with Crippen molar-refractivity contribution in [2.45, 2.75) is 45.1 Å². The van der Waals surface area contributed by atoms with Gasteiger partial charge < -0.3 is 15.2 Å². The molecule has 0 aromatic heterocycles. The van der Waals surface area contributed by atoms with E-state index in [1.165, 1.54) is 0 Å². The van der Waals surface area contributed by atoms with E-state index >= 15 is 0 Å². The minimum Gasteiger partial charge on any atom is -0.463 e. The summed E-state index contributed by atoms with van der Waals surface area (Å²) in [4.78, 5) is 11.6.